The molecule has 0 saturated heterocycles. The molecule has 1 nitrogen and oxygen atoms in total. The maximum atomic E-state index is 10.4. The van der Waals surface area contributed by atoms with Crippen LogP contribution in [0.2, 0.25) is 0 Å². The fourth-order valence-electron chi connectivity index (χ4n) is 3.65. The van der Waals surface area contributed by atoms with Crippen molar-refractivity contribution in [2.45, 2.75) is 45.1 Å². The molecule has 3 atom stereocenters. The zero-order chi connectivity index (χ0) is 12.0. The molecule has 0 aromatic heterocycles. The number of rotatable bonds is 3. The molecular formula is C16H22O. The summed E-state index contributed by atoms with van der Waals surface area (Å²) in [6.07, 6.45) is 3.85. The van der Waals surface area contributed by atoms with Gasteiger partial charge in [-0.05, 0) is 47.6 Å². The Balaban J connectivity index is 1.72. The summed E-state index contributed by atoms with van der Waals surface area (Å²) in [7, 11) is 0. The fourth-order valence-corrected chi connectivity index (χ4v) is 3.65. The van der Waals surface area contributed by atoms with Crippen LogP contribution in [-0.2, 0) is 0 Å². The van der Waals surface area contributed by atoms with Gasteiger partial charge >= 0.3 is 0 Å². The molecule has 1 aromatic rings. The average molecular weight is 230 g/mol. The van der Waals surface area contributed by atoms with Crippen molar-refractivity contribution in [3.05, 3.63) is 35.4 Å². The first-order valence-electron chi connectivity index (χ1n) is 6.96. The monoisotopic (exact) mass is 230 g/mol. The van der Waals surface area contributed by atoms with Gasteiger partial charge in [0, 0.05) is 0 Å². The van der Waals surface area contributed by atoms with Gasteiger partial charge in [0.2, 0.25) is 0 Å². The molecular weight excluding hydrogens is 208 g/mol. The summed E-state index contributed by atoms with van der Waals surface area (Å²) in [6.45, 7) is 4.41. The van der Waals surface area contributed by atoms with Gasteiger partial charge in [-0.1, -0.05) is 44.5 Å². The van der Waals surface area contributed by atoms with Crippen LogP contribution in [0.25, 0.3) is 0 Å². The van der Waals surface area contributed by atoms with Crippen LogP contribution in [0.3, 0.4) is 0 Å². The molecule has 1 N–H and O–H groups in total. The van der Waals surface area contributed by atoms with Crippen LogP contribution in [0.5, 0.6) is 0 Å². The van der Waals surface area contributed by atoms with Crippen LogP contribution >= 0.6 is 0 Å². The van der Waals surface area contributed by atoms with Gasteiger partial charge in [0.25, 0.3) is 0 Å². The van der Waals surface area contributed by atoms with Gasteiger partial charge in [-0.15, -0.1) is 0 Å². The number of fused-ring (bicyclic) bond motifs is 1. The van der Waals surface area contributed by atoms with E-state index in [2.05, 4.69) is 38.1 Å². The van der Waals surface area contributed by atoms with Crippen LogP contribution in [0, 0.1) is 17.8 Å². The molecule has 3 unspecified atom stereocenters. The number of hydrogen-bond donors (Lipinski definition) is 1. The van der Waals surface area contributed by atoms with Gasteiger partial charge in [0.05, 0.1) is 6.10 Å². The Morgan fingerprint density at radius 2 is 1.53 bits per heavy atom. The Labute approximate surface area is 104 Å². The molecule has 1 aromatic carbocycles. The van der Waals surface area contributed by atoms with Crippen molar-refractivity contribution in [1.82, 2.24) is 0 Å². The zero-order valence-electron chi connectivity index (χ0n) is 10.8. The van der Waals surface area contributed by atoms with E-state index in [0.29, 0.717) is 11.8 Å². The Morgan fingerprint density at radius 1 is 1.00 bits per heavy atom. The number of aliphatic hydroxyl groups is 1. The molecule has 92 valence electrons. The summed E-state index contributed by atoms with van der Waals surface area (Å²) < 4.78 is 0. The highest BCUT2D eigenvalue weighted by Crippen LogP contribution is 2.62. The Morgan fingerprint density at radius 3 is 2.06 bits per heavy atom. The maximum absolute atomic E-state index is 10.4. The van der Waals surface area contributed by atoms with Crippen molar-refractivity contribution in [3.8, 4) is 0 Å². The van der Waals surface area contributed by atoms with E-state index in [0.717, 1.165) is 17.4 Å². The van der Waals surface area contributed by atoms with Gasteiger partial charge in [0.15, 0.2) is 0 Å². The molecule has 2 fully saturated rings. The van der Waals surface area contributed by atoms with Crippen molar-refractivity contribution in [1.29, 1.82) is 0 Å². The van der Waals surface area contributed by atoms with Gasteiger partial charge in [-0.3, -0.25) is 0 Å². The van der Waals surface area contributed by atoms with E-state index in [1.54, 1.807) is 0 Å². The van der Waals surface area contributed by atoms with Gasteiger partial charge in [0.1, 0.15) is 0 Å². The van der Waals surface area contributed by atoms with Crippen molar-refractivity contribution < 1.29 is 5.11 Å². The highest BCUT2D eigenvalue weighted by atomic mass is 16.3. The number of benzene rings is 1. The highest BCUT2D eigenvalue weighted by Gasteiger charge is 2.55. The predicted molar refractivity (Wildman–Crippen MR) is 69.8 cm³/mol. The molecule has 1 heteroatoms. The highest BCUT2D eigenvalue weighted by molar-refractivity contribution is 5.28. The smallest absolute Gasteiger partial charge is 0.0823 e. The zero-order valence-corrected chi connectivity index (χ0v) is 10.8. The van der Waals surface area contributed by atoms with Crippen molar-refractivity contribution in [3.63, 3.8) is 0 Å². The van der Waals surface area contributed by atoms with Crippen molar-refractivity contribution >= 4 is 0 Å². The van der Waals surface area contributed by atoms with Crippen LogP contribution in [0.15, 0.2) is 24.3 Å². The molecule has 2 aliphatic carbocycles. The lowest BCUT2D eigenvalue weighted by atomic mass is 9.96. The molecule has 0 bridgehead atoms. The maximum Gasteiger partial charge on any atom is 0.0823 e. The standard InChI is InChI=1S/C16H22O/c1-10(2)11-6-8-12(9-7-11)16(17)15-13-4-3-5-14(13)15/h6-10,13-17H,3-5H2,1-2H3. The third kappa shape index (κ3) is 1.91. The summed E-state index contributed by atoms with van der Waals surface area (Å²) in [6, 6.07) is 8.57. The van der Waals surface area contributed by atoms with Crippen molar-refractivity contribution in [2.24, 2.45) is 17.8 Å². The average Bonchev–Trinajstić information content (AvgIpc) is 2.81. The third-order valence-electron chi connectivity index (χ3n) is 4.78. The first kappa shape index (κ1) is 11.3. The lowest BCUT2D eigenvalue weighted by Gasteiger charge is -2.14. The second-order valence-corrected chi connectivity index (χ2v) is 6.10. The SMILES string of the molecule is CC(C)c1ccc(C(O)C2C3CCCC32)cc1. The molecule has 17 heavy (non-hydrogen) atoms. The third-order valence-corrected chi connectivity index (χ3v) is 4.78. The molecule has 0 spiro atoms. The minimum absolute atomic E-state index is 0.216. The van der Waals surface area contributed by atoms with E-state index in [-0.39, 0.29) is 6.10 Å². The summed E-state index contributed by atoms with van der Waals surface area (Å²) in [5.41, 5.74) is 2.48. The fraction of sp³-hybridized carbons (Fsp3) is 0.625. The second kappa shape index (κ2) is 4.13. The lowest BCUT2D eigenvalue weighted by molar-refractivity contribution is 0.137. The first-order valence-corrected chi connectivity index (χ1v) is 6.96. The molecule has 0 radical (unpaired) electrons. The molecule has 0 amide bonds. The lowest BCUT2D eigenvalue weighted by Crippen LogP contribution is -2.04. The van der Waals surface area contributed by atoms with E-state index >= 15 is 0 Å². The van der Waals surface area contributed by atoms with Crippen LogP contribution in [0.1, 0.15) is 56.3 Å². The quantitative estimate of drug-likeness (QED) is 0.835. The molecule has 0 aliphatic heterocycles. The van der Waals surface area contributed by atoms with E-state index in [9.17, 15) is 5.11 Å². The minimum Gasteiger partial charge on any atom is -0.388 e. The van der Waals surface area contributed by atoms with E-state index in [1.165, 1.54) is 24.8 Å². The largest absolute Gasteiger partial charge is 0.388 e. The summed E-state index contributed by atoms with van der Waals surface area (Å²) >= 11 is 0. The number of aliphatic hydroxyl groups excluding tert-OH is 1. The molecule has 2 saturated carbocycles. The van der Waals surface area contributed by atoms with E-state index in [4.69, 9.17) is 0 Å². The topological polar surface area (TPSA) is 20.2 Å². The Bertz CT molecular complexity index is 382. The van der Waals surface area contributed by atoms with E-state index in [1.807, 2.05) is 0 Å². The van der Waals surface area contributed by atoms with Gasteiger partial charge < -0.3 is 5.11 Å². The van der Waals surface area contributed by atoms with E-state index < -0.39 is 0 Å². The summed E-state index contributed by atoms with van der Waals surface area (Å²) in [5, 5.41) is 10.4. The van der Waals surface area contributed by atoms with Crippen LogP contribution < -0.4 is 0 Å². The second-order valence-electron chi connectivity index (χ2n) is 6.10. The van der Waals surface area contributed by atoms with Gasteiger partial charge in [-0.2, -0.15) is 0 Å². The van der Waals surface area contributed by atoms with Gasteiger partial charge in [-0.25, -0.2) is 0 Å². The predicted octanol–water partition coefficient (Wildman–Crippen LogP) is 3.89. The molecule has 3 rings (SSSR count). The molecule has 2 aliphatic rings. The Hall–Kier alpha value is -0.820. The first-order chi connectivity index (χ1) is 8.18. The van der Waals surface area contributed by atoms with Crippen LogP contribution in [0.4, 0.5) is 0 Å². The normalized spacial score (nSPS) is 32.6. The minimum atomic E-state index is -0.216. The summed E-state index contributed by atoms with van der Waals surface area (Å²) in [5.74, 6) is 2.79. The summed E-state index contributed by atoms with van der Waals surface area (Å²) in [4.78, 5) is 0. The Kier molecular flexibility index (Phi) is 2.74. The van der Waals surface area contributed by atoms with Crippen LogP contribution in [-0.4, -0.2) is 5.11 Å². The van der Waals surface area contributed by atoms with Crippen molar-refractivity contribution in [2.75, 3.05) is 0 Å². The number of hydrogen-bond acceptors (Lipinski definition) is 1. The molecule has 0 heterocycles.